The van der Waals surface area contributed by atoms with Crippen molar-refractivity contribution in [3.63, 3.8) is 0 Å². The zero-order chi connectivity index (χ0) is 14.0. The summed E-state index contributed by atoms with van der Waals surface area (Å²) in [4.78, 5) is 0. The smallest absolute Gasteiger partial charge is 0.373 e. The molecule has 0 aromatic rings. The highest BCUT2D eigenvalue weighted by molar-refractivity contribution is 6.98. The van der Waals surface area contributed by atoms with E-state index < -0.39 is 25.7 Å². The van der Waals surface area contributed by atoms with Crippen molar-refractivity contribution in [3.05, 3.63) is 36.8 Å². The summed E-state index contributed by atoms with van der Waals surface area (Å²) < 4.78 is 18.6. The summed E-state index contributed by atoms with van der Waals surface area (Å²) in [5.74, 6) is 0.499. The van der Waals surface area contributed by atoms with Crippen LogP contribution in [0.4, 0.5) is 0 Å². The van der Waals surface area contributed by atoms with E-state index in [1.807, 2.05) is 5.70 Å². The van der Waals surface area contributed by atoms with Gasteiger partial charge in [0.1, 0.15) is 0 Å². The Morgan fingerprint density at radius 2 is 1.50 bits per heavy atom. The van der Waals surface area contributed by atoms with Crippen molar-refractivity contribution in [1.29, 1.82) is 0 Å². The Bertz CT molecular complexity index is 346. The monoisotopic (exact) mass is 300 g/mol. The molecule has 3 nitrogen and oxygen atoms in total. The molecule has 0 amide bonds. The SMILES string of the molecule is C=C[Si]1(C=C)O[Si](C)(C)O[Si](C=C)(CC(C)C)O1. The second-order valence-electron chi connectivity index (χ2n) is 5.45. The maximum Gasteiger partial charge on any atom is 0.373 e. The summed E-state index contributed by atoms with van der Waals surface area (Å²) in [6, 6.07) is 0.896. The molecule has 1 aliphatic rings. The molecule has 1 fully saturated rings. The Labute approximate surface area is 114 Å². The third-order valence-electron chi connectivity index (χ3n) is 2.73. The van der Waals surface area contributed by atoms with Crippen LogP contribution in [0.25, 0.3) is 0 Å². The third-order valence-corrected chi connectivity index (χ3v) is 15.1. The fourth-order valence-corrected chi connectivity index (χ4v) is 16.5. The molecule has 1 rings (SSSR count). The van der Waals surface area contributed by atoms with Gasteiger partial charge in [0.05, 0.1) is 0 Å². The highest BCUT2D eigenvalue weighted by Crippen LogP contribution is 2.35. The van der Waals surface area contributed by atoms with E-state index in [4.69, 9.17) is 12.3 Å². The largest absolute Gasteiger partial charge is 0.413 e. The summed E-state index contributed by atoms with van der Waals surface area (Å²) in [5, 5.41) is 0. The molecular formula is C12H24O3Si3. The van der Waals surface area contributed by atoms with Crippen LogP contribution in [0.5, 0.6) is 0 Å². The maximum absolute atomic E-state index is 6.27. The molecule has 1 unspecified atom stereocenters. The first-order valence-electron chi connectivity index (χ1n) is 6.23. The fraction of sp³-hybridized carbons (Fsp3) is 0.500. The van der Waals surface area contributed by atoms with E-state index in [0.29, 0.717) is 5.92 Å². The van der Waals surface area contributed by atoms with Crippen LogP contribution in [0.1, 0.15) is 13.8 Å². The van der Waals surface area contributed by atoms with Gasteiger partial charge in [-0.3, -0.25) is 0 Å². The number of hydrogen-bond donors (Lipinski definition) is 0. The van der Waals surface area contributed by atoms with Gasteiger partial charge in [0, 0.05) is 0 Å². The van der Waals surface area contributed by atoms with Crippen LogP contribution in [0.15, 0.2) is 36.8 Å². The van der Waals surface area contributed by atoms with Gasteiger partial charge in [-0.2, -0.15) is 0 Å². The van der Waals surface area contributed by atoms with E-state index >= 15 is 0 Å². The standard InChI is InChI=1S/C12H24O3Si3/c1-8-17(9-2)13-16(6,7)14-18(10-3,15-17)11-12(4)5/h8-10,12H,1-3,11H2,4-7H3. The Morgan fingerprint density at radius 1 is 0.944 bits per heavy atom. The molecule has 0 radical (unpaired) electrons. The molecule has 1 atom stereocenters. The molecule has 0 aliphatic carbocycles. The van der Waals surface area contributed by atoms with E-state index in [1.54, 1.807) is 11.4 Å². The first-order chi connectivity index (χ1) is 8.22. The topological polar surface area (TPSA) is 27.7 Å². The summed E-state index contributed by atoms with van der Waals surface area (Å²) in [7, 11) is -7.15. The predicted molar refractivity (Wildman–Crippen MR) is 82.5 cm³/mol. The van der Waals surface area contributed by atoms with E-state index in [2.05, 4.69) is 46.7 Å². The summed E-state index contributed by atoms with van der Waals surface area (Å²) in [6.07, 6.45) is 0. The Morgan fingerprint density at radius 3 is 1.89 bits per heavy atom. The predicted octanol–water partition coefficient (Wildman–Crippen LogP) is 3.47. The van der Waals surface area contributed by atoms with E-state index in [9.17, 15) is 0 Å². The van der Waals surface area contributed by atoms with E-state index in [0.717, 1.165) is 6.04 Å². The van der Waals surface area contributed by atoms with Gasteiger partial charge >= 0.3 is 25.7 Å². The van der Waals surface area contributed by atoms with Gasteiger partial charge in [-0.1, -0.05) is 19.5 Å². The minimum absolute atomic E-state index is 0.499. The van der Waals surface area contributed by atoms with Crippen LogP contribution in [0, 0.1) is 5.92 Å². The first-order valence-corrected chi connectivity index (χ1v) is 13.1. The zero-order valence-corrected chi connectivity index (χ0v) is 14.9. The Hall–Kier alpha value is -0.249. The Kier molecular flexibility index (Phi) is 4.74. The molecule has 0 spiro atoms. The lowest BCUT2D eigenvalue weighted by Gasteiger charge is -2.48. The first kappa shape index (κ1) is 15.8. The number of hydrogen-bond acceptors (Lipinski definition) is 3. The van der Waals surface area contributed by atoms with Crippen LogP contribution in [-0.4, -0.2) is 25.7 Å². The highest BCUT2D eigenvalue weighted by Gasteiger charge is 2.55. The minimum atomic E-state index is -2.53. The van der Waals surface area contributed by atoms with Crippen molar-refractivity contribution < 1.29 is 12.3 Å². The average Bonchev–Trinajstić information content (AvgIpc) is 2.25. The molecule has 0 N–H and O–H groups in total. The van der Waals surface area contributed by atoms with E-state index in [-0.39, 0.29) is 0 Å². The van der Waals surface area contributed by atoms with Gasteiger partial charge in [-0.15, -0.1) is 19.7 Å². The highest BCUT2D eigenvalue weighted by atomic mass is 28.5. The van der Waals surface area contributed by atoms with Crippen molar-refractivity contribution in [2.24, 2.45) is 5.92 Å². The van der Waals surface area contributed by atoms with Crippen LogP contribution in [0.2, 0.25) is 19.1 Å². The molecule has 0 aromatic heterocycles. The summed E-state index contributed by atoms with van der Waals surface area (Å²) in [6.45, 7) is 20.1. The summed E-state index contributed by atoms with van der Waals surface area (Å²) in [5.41, 5.74) is 5.48. The van der Waals surface area contributed by atoms with Crippen molar-refractivity contribution >= 4 is 25.7 Å². The summed E-state index contributed by atoms with van der Waals surface area (Å²) >= 11 is 0. The molecule has 1 aliphatic heterocycles. The molecule has 0 saturated carbocycles. The fourth-order valence-electron chi connectivity index (χ4n) is 2.20. The molecule has 0 bridgehead atoms. The van der Waals surface area contributed by atoms with Gasteiger partial charge in [0.15, 0.2) is 0 Å². The molecule has 102 valence electrons. The van der Waals surface area contributed by atoms with Gasteiger partial charge in [-0.25, -0.2) is 0 Å². The molecular weight excluding hydrogens is 276 g/mol. The van der Waals surface area contributed by atoms with Crippen LogP contribution in [0.3, 0.4) is 0 Å². The maximum atomic E-state index is 6.27. The lowest BCUT2D eigenvalue weighted by molar-refractivity contribution is 0.241. The molecule has 0 aromatic carbocycles. The molecule has 1 saturated heterocycles. The third kappa shape index (κ3) is 3.40. The van der Waals surface area contributed by atoms with Gasteiger partial charge < -0.3 is 12.3 Å². The zero-order valence-electron chi connectivity index (χ0n) is 11.9. The Balaban J connectivity index is 3.15. The lowest BCUT2D eigenvalue weighted by atomic mass is 10.3. The second kappa shape index (κ2) is 5.40. The second-order valence-corrected chi connectivity index (χ2v) is 15.4. The lowest BCUT2D eigenvalue weighted by Crippen LogP contribution is -2.67. The van der Waals surface area contributed by atoms with Crippen molar-refractivity contribution in [1.82, 2.24) is 0 Å². The average molecular weight is 301 g/mol. The minimum Gasteiger partial charge on any atom is -0.413 e. The quantitative estimate of drug-likeness (QED) is 0.728. The van der Waals surface area contributed by atoms with Gasteiger partial charge in [-0.05, 0) is 36.5 Å². The van der Waals surface area contributed by atoms with Crippen molar-refractivity contribution in [2.75, 3.05) is 0 Å². The molecule has 18 heavy (non-hydrogen) atoms. The van der Waals surface area contributed by atoms with Crippen LogP contribution < -0.4 is 0 Å². The van der Waals surface area contributed by atoms with Crippen LogP contribution in [-0.2, 0) is 12.3 Å². The van der Waals surface area contributed by atoms with Crippen molar-refractivity contribution in [3.8, 4) is 0 Å². The normalized spacial score (nSPS) is 29.8. The van der Waals surface area contributed by atoms with Crippen molar-refractivity contribution in [2.45, 2.75) is 33.0 Å². The number of rotatable bonds is 5. The van der Waals surface area contributed by atoms with Gasteiger partial charge in [0.2, 0.25) is 0 Å². The molecule has 1 heterocycles. The van der Waals surface area contributed by atoms with E-state index in [1.165, 1.54) is 0 Å². The van der Waals surface area contributed by atoms with Gasteiger partial charge in [0.25, 0.3) is 0 Å². The van der Waals surface area contributed by atoms with Crippen LogP contribution >= 0.6 is 0 Å². The molecule has 6 heteroatoms.